The van der Waals surface area contributed by atoms with E-state index < -0.39 is 11.6 Å². The molecule has 0 aliphatic heterocycles. The molecule has 2 N–H and O–H groups in total. The van der Waals surface area contributed by atoms with Gasteiger partial charge in [0.1, 0.15) is 0 Å². The lowest BCUT2D eigenvalue weighted by Gasteiger charge is -2.14. The van der Waals surface area contributed by atoms with Crippen LogP contribution in [0.5, 0.6) is 0 Å². The fourth-order valence-electron chi connectivity index (χ4n) is 1.84. The van der Waals surface area contributed by atoms with Gasteiger partial charge in [0.05, 0.1) is 0 Å². The maximum absolute atomic E-state index is 13.5. The normalized spacial score (nSPS) is 18.3. The third kappa shape index (κ3) is 1.32. The van der Waals surface area contributed by atoms with E-state index in [2.05, 4.69) is 0 Å². The zero-order chi connectivity index (χ0) is 10.3. The van der Waals surface area contributed by atoms with E-state index in [-0.39, 0.29) is 5.41 Å². The molecule has 0 heterocycles. The quantitative estimate of drug-likeness (QED) is 0.773. The third-order valence-electron chi connectivity index (χ3n) is 2.99. The van der Waals surface area contributed by atoms with Crippen LogP contribution in [0.3, 0.4) is 0 Å². The van der Waals surface area contributed by atoms with Gasteiger partial charge in [0, 0.05) is 12.0 Å². The molecule has 1 aromatic rings. The first-order valence-electron chi connectivity index (χ1n) is 4.75. The van der Waals surface area contributed by atoms with E-state index in [4.69, 9.17) is 5.73 Å². The summed E-state index contributed by atoms with van der Waals surface area (Å²) in [7, 11) is 0. The highest BCUT2D eigenvalue weighted by atomic mass is 19.2. The molecule has 1 fully saturated rings. The number of halogens is 2. The van der Waals surface area contributed by atoms with Gasteiger partial charge in [0.2, 0.25) is 0 Å². The lowest BCUT2D eigenvalue weighted by atomic mass is 9.94. The molecule has 0 amide bonds. The first kappa shape index (κ1) is 9.59. The molecular weight excluding hydrogens is 184 g/mol. The standard InChI is InChI=1S/C11H13F2N/c1-7-4-8(10(13)9(12)5-7)11(6-14)2-3-11/h4-5H,2-3,6,14H2,1H3. The van der Waals surface area contributed by atoms with Gasteiger partial charge in [-0.2, -0.15) is 0 Å². The van der Waals surface area contributed by atoms with E-state index in [1.807, 2.05) is 0 Å². The summed E-state index contributed by atoms with van der Waals surface area (Å²) in [6.07, 6.45) is 1.73. The van der Waals surface area contributed by atoms with Crippen molar-refractivity contribution in [1.82, 2.24) is 0 Å². The minimum atomic E-state index is -0.764. The predicted octanol–water partition coefficient (Wildman–Crippen LogP) is 2.26. The van der Waals surface area contributed by atoms with Crippen molar-refractivity contribution >= 4 is 0 Å². The van der Waals surface area contributed by atoms with Crippen LogP contribution in [0.2, 0.25) is 0 Å². The Hall–Kier alpha value is -0.960. The molecule has 1 saturated carbocycles. The fraction of sp³-hybridized carbons (Fsp3) is 0.455. The molecule has 0 bridgehead atoms. The Morgan fingerprint density at radius 2 is 2.00 bits per heavy atom. The summed E-state index contributed by atoms with van der Waals surface area (Å²) in [6, 6.07) is 2.92. The number of hydrogen-bond acceptors (Lipinski definition) is 1. The minimum Gasteiger partial charge on any atom is -0.330 e. The zero-order valence-corrected chi connectivity index (χ0v) is 8.11. The maximum atomic E-state index is 13.5. The highest BCUT2D eigenvalue weighted by Crippen LogP contribution is 2.48. The van der Waals surface area contributed by atoms with Gasteiger partial charge >= 0.3 is 0 Å². The van der Waals surface area contributed by atoms with Crippen LogP contribution in [0.4, 0.5) is 8.78 Å². The Kier molecular flexibility index (Phi) is 2.07. The Morgan fingerprint density at radius 3 is 2.50 bits per heavy atom. The average molecular weight is 197 g/mol. The van der Waals surface area contributed by atoms with Crippen molar-refractivity contribution < 1.29 is 8.78 Å². The Bertz CT molecular complexity index is 370. The third-order valence-corrected chi connectivity index (χ3v) is 2.99. The Balaban J connectivity index is 2.52. The lowest BCUT2D eigenvalue weighted by Crippen LogP contribution is -2.21. The molecule has 0 atom stereocenters. The smallest absolute Gasteiger partial charge is 0.162 e. The number of hydrogen-bond donors (Lipinski definition) is 1. The van der Waals surface area contributed by atoms with E-state index in [1.165, 1.54) is 6.07 Å². The summed E-state index contributed by atoms with van der Waals surface area (Å²) < 4.78 is 26.6. The summed E-state index contributed by atoms with van der Waals surface area (Å²) in [5.41, 5.74) is 6.50. The van der Waals surface area contributed by atoms with Crippen LogP contribution in [0.1, 0.15) is 24.0 Å². The van der Waals surface area contributed by atoms with Gasteiger partial charge in [-0.25, -0.2) is 8.78 Å². The molecule has 2 rings (SSSR count). The monoisotopic (exact) mass is 197 g/mol. The first-order chi connectivity index (χ1) is 6.59. The molecule has 0 saturated heterocycles. The molecular formula is C11H13F2N. The average Bonchev–Trinajstić information content (AvgIpc) is 2.92. The summed E-state index contributed by atoms with van der Waals surface area (Å²) in [5, 5.41) is 0. The second kappa shape index (κ2) is 3.02. The van der Waals surface area contributed by atoms with Gasteiger partial charge in [-0.1, -0.05) is 6.07 Å². The zero-order valence-electron chi connectivity index (χ0n) is 8.11. The minimum absolute atomic E-state index is 0.281. The van der Waals surface area contributed by atoms with E-state index >= 15 is 0 Å². The van der Waals surface area contributed by atoms with Crippen LogP contribution >= 0.6 is 0 Å². The van der Waals surface area contributed by atoms with E-state index in [1.54, 1.807) is 13.0 Å². The molecule has 1 aliphatic rings. The van der Waals surface area contributed by atoms with Crippen molar-refractivity contribution in [3.8, 4) is 0 Å². The van der Waals surface area contributed by atoms with Crippen molar-refractivity contribution in [2.24, 2.45) is 5.73 Å². The SMILES string of the molecule is Cc1cc(F)c(F)c(C2(CN)CC2)c1. The van der Waals surface area contributed by atoms with Crippen LogP contribution in [0, 0.1) is 18.6 Å². The van der Waals surface area contributed by atoms with E-state index in [0.717, 1.165) is 18.4 Å². The Morgan fingerprint density at radius 1 is 1.36 bits per heavy atom. The molecule has 14 heavy (non-hydrogen) atoms. The highest BCUT2D eigenvalue weighted by Gasteiger charge is 2.45. The maximum Gasteiger partial charge on any atom is 0.162 e. The van der Waals surface area contributed by atoms with Crippen molar-refractivity contribution in [1.29, 1.82) is 0 Å². The number of aryl methyl sites for hydroxylation is 1. The first-order valence-corrected chi connectivity index (χ1v) is 4.75. The number of benzene rings is 1. The molecule has 0 spiro atoms. The Labute approximate surface area is 81.9 Å². The molecule has 1 aromatic carbocycles. The second-order valence-electron chi connectivity index (χ2n) is 4.09. The van der Waals surface area contributed by atoms with E-state index in [9.17, 15) is 8.78 Å². The topological polar surface area (TPSA) is 26.0 Å². The highest BCUT2D eigenvalue weighted by molar-refractivity contribution is 5.36. The molecule has 76 valence electrons. The molecule has 1 nitrogen and oxygen atoms in total. The van der Waals surface area contributed by atoms with Gasteiger partial charge in [0.25, 0.3) is 0 Å². The van der Waals surface area contributed by atoms with Gasteiger partial charge in [-0.15, -0.1) is 0 Å². The van der Waals surface area contributed by atoms with Gasteiger partial charge in [0.15, 0.2) is 11.6 Å². The molecule has 0 unspecified atom stereocenters. The predicted molar refractivity (Wildman–Crippen MR) is 51.1 cm³/mol. The van der Waals surface area contributed by atoms with Crippen molar-refractivity contribution in [2.75, 3.05) is 6.54 Å². The number of rotatable bonds is 2. The van der Waals surface area contributed by atoms with E-state index in [0.29, 0.717) is 12.1 Å². The molecule has 1 aliphatic carbocycles. The molecule has 3 heteroatoms. The largest absolute Gasteiger partial charge is 0.330 e. The fourth-order valence-corrected chi connectivity index (χ4v) is 1.84. The van der Waals surface area contributed by atoms with Crippen molar-refractivity contribution in [3.05, 3.63) is 34.9 Å². The summed E-state index contributed by atoms with van der Waals surface area (Å²) in [5.74, 6) is -1.49. The van der Waals surface area contributed by atoms with Gasteiger partial charge in [-0.3, -0.25) is 0 Å². The second-order valence-corrected chi connectivity index (χ2v) is 4.09. The van der Waals surface area contributed by atoms with Crippen molar-refractivity contribution in [3.63, 3.8) is 0 Å². The number of nitrogens with two attached hydrogens (primary N) is 1. The van der Waals surface area contributed by atoms with Crippen LogP contribution < -0.4 is 5.73 Å². The van der Waals surface area contributed by atoms with Crippen LogP contribution in [0.25, 0.3) is 0 Å². The summed E-state index contributed by atoms with van der Waals surface area (Å²) in [4.78, 5) is 0. The summed E-state index contributed by atoms with van der Waals surface area (Å²) >= 11 is 0. The van der Waals surface area contributed by atoms with Crippen molar-refractivity contribution in [2.45, 2.75) is 25.2 Å². The van der Waals surface area contributed by atoms with Gasteiger partial charge < -0.3 is 5.73 Å². The van der Waals surface area contributed by atoms with Crippen LogP contribution in [-0.4, -0.2) is 6.54 Å². The molecule has 0 aromatic heterocycles. The summed E-state index contributed by atoms with van der Waals surface area (Å²) in [6.45, 7) is 2.16. The van der Waals surface area contributed by atoms with Crippen LogP contribution in [-0.2, 0) is 5.41 Å². The van der Waals surface area contributed by atoms with Gasteiger partial charge in [-0.05, 0) is 37.0 Å². The van der Waals surface area contributed by atoms with Crippen LogP contribution in [0.15, 0.2) is 12.1 Å². The molecule has 0 radical (unpaired) electrons. The lowest BCUT2D eigenvalue weighted by molar-refractivity contribution is 0.483.